The maximum Gasteiger partial charge on any atom is 0.225 e. The molecule has 0 spiro atoms. The molecule has 2 atom stereocenters. The molecule has 0 saturated carbocycles. The van der Waals surface area contributed by atoms with Crippen LogP contribution in [0.1, 0.15) is 32.8 Å². The van der Waals surface area contributed by atoms with Crippen LogP contribution < -0.4 is 5.73 Å². The lowest BCUT2D eigenvalue weighted by molar-refractivity contribution is -0.138. The Morgan fingerprint density at radius 1 is 1.52 bits per heavy atom. The number of piperidine rings is 1. The fourth-order valence-corrected chi connectivity index (χ4v) is 2.98. The number of halogens is 1. The Kier molecular flexibility index (Phi) is 4.67. The van der Waals surface area contributed by atoms with E-state index in [2.05, 4.69) is 13.8 Å². The first-order valence-electron chi connectivity index (χ1n) is 7.58. The van der Waals surface area contributed by atoms with E-state index in [1.807, 2.05) is 17.9 Å². The van der Waals surface area contributed by atoms with E-state index in [0.29, 0.717) is 13.0 Å². The minimum atomic E-state index is -0.253. The number of rotatable bonds is 3. The number of amides is 1. The third kappa shape index (κ3) is 3.82. The van der Waals surface area contributed by atoms with Gasteiger partial charge in [-0.1, -0.05) is 32.9 Å². The molecule has 2 rings (SSSR count). The molecule has 1 amide bonds. The highest BCUT2D eigenvalue weighted by Gasteiger charge is 2.36. The lowest BCUT2D eigenvalue weighted by Crippen LogP contribution is -2.55. The fourth-order valence-electron chi connectivity index (χ4n) is 2.98. The molecule has 1 aromatic rings. The van der Waals surface area contributed by atoms with Gasteiger partial charge in [0.15, 0.2) is 0 Å². The van der Waals surface area contributed by atoms with Crippen molar-refractivity contribution in [3.05, 3.63) is 35.6 Å². The standard InChI is InChI=1S/C17H25FN2O/c1-12(9-13-5-4-6-14(18)10-13)16(21)20-8-7-15(19)17(2,3)11-20/h4-6,10,12,15H,7-9,11,19H2,1-3H3. The number of hydrogen-bond acceptors (Lipinski definition) is 2. The zero-order valence-electron chi connectivity index (χ0n) is 13.1. The summed E-state index contributed by atoms with van der Waals surface area (Å²) in [7, 11) is 0. The van der Waals surface area contributed by atoms with Crippen molar-refractivity contribution in [2.24, 2.45) is 17.1 Å². The summed E-state index contributed by atoms with van der Waals surface area (Å²) in [5, 5.41) is 0. The quantitative estimate of drug-likeness (QED) is 0.931. The predicted molar refractivity (Wildman–Crippen MR) is 82.2 cm³/mol. The van der Waals surface area contributed by atoms with Crippen LogP contribution in [-0.4, -0.2) is 29.9 Å². The number of nitrogens with zero attached hydrogens (tertiary/aromatic N) is 1. The molecule has 2 N–H and O–H groups in total. The van der Waals surface area contributed by atoms with Crippen LogP contribution in [0.2, 0.25) is 0 Å². The van der Waals surface area contributed by atoms with Crippen molar-refractivity contribution >= 4 is 5.91 Å². The smallest absolute Gasteiger partial charge is 0.225 e. The molecule has 21 heavy (non-hydrogen) atoms. The van der Waals surface area contributed by atoms with Crippen LogP contribution >= 0.6 is 0 Å². The molecule has 1 saturated heterocycles. The van der Waals surface area contributed by atoms with Crippen LogP contribution in [-0.2, 0) is 11.2 Å². The fraction of sp³-hybridized carbons (Fsp3) is 0.588. The maximum absolute atomic E-state index is 13.2. The van der Waals surface area contributed by atoms with Crippen molar-refractivity contribution in [2.45, 2.75) is 39.7 Å². The minimum Gasteiger partial charge on any atom is -0.342 e. The molecule has 0 aliphatic carbocycles. The molecule has 2 unspecified atom stereocenters. The molecule has 0 bridgehead atoms. The van der Waals surface area contributed by atoms with Crippen LogP contribution in [0.5, 0.6) is 0 Å². The molecular formula is C17H25FN2O. The van der Waals surface area contributed by atoms with Gasteiger partial charge in [-0.2, -0.15) is 0 Å². The molecular weight excluding hydrogens is 267 g/mol. The second-order valence-electron chi connectivity index (χ2n) is 6.88. The van der Waals surface area contributed by atoms with Gasteiger partial charge >= 0.3 is 0 Å². The highest BCUT2D eigenvalue weighted by atomic mass is 19.1. The van der Waals surface area contributed by atoms with Crippen LogP contribution in [0.15, 0.2) is 24.3 Å². The zero-order chi connectivity index (χ0) is 15.6. The summed E-state index contributed by atoms with van der Waals surface area (Å²) in [6.07, 6.45) is 1.41. The summed E-state index contributed by atoms with van der Waals surface area (Å²) >= 11 is 0. The lowest BCUT2D eigenvalue weighted by atomic mass is 9.79. The molecule has 1 aliphatic rings. The molecule has 116 valence electrons. The molecule has 4 heteroatoms. The number of carbonyl (C=O) groups is 1. The van der Waals surface area contributed by atoms with Gasteiger partial charge in [0.1, 0.15) is 5.82 Å². The Morgan fingerprint density at radius 2 is 2.24 bits per heavy atom. The summed E-state index contributed by atoms with van der Waals surface area (Å²) in [4.78, 5) is 14.5. The number of benzene rings is 1. The Morgan fingerprint density at radius 3 is 2.86 bits per heavy atom. The minimum absolute atomic E-state index is 0.0491. The van der Waals surface area contributed by atoms with Crippen LogP contribution in [0.25, 0.3) is 0 Å². The van der Waals surface area contributed by atoms with E-state index < -0.39 is 0 Å². The lowest BCUT2D eigenvalue weighted by Gasteiger charge is -2.43. The predicted octanol–water partition coefficient (Wildman–Crippen LogP) is 2.59. The van der Waals surface area contributed by atoms with E-state index >= 15 is 0 Å². The second-order valence-corrected chi connectivity index (χ2v) is 6.88. The number of likely N-dealkylation sites (tertiary alicyclic amines) is 1. The highest BCUT2D eigenvalue weighted by molar-refractivity contribution is 5.79. The molecule has 1 heterocycles. The van der Waals surface area contributed by atoms with Crippen molar-refractivity contribution in [3.8, 4) is 0 Å². The third-order valence-corrected chi connectivity index (χ3v) is 4.48. The number of nitrogens with two attached hydrogens (primary N) is 1. The van der Waals surface area contributed by atoms with Gasteiger partial charge in [-0.25, -0.2) is 4.39 Å². The van der Waals surface area contributed by atoms with Gasteiger partial charge in [-0.05, 0) is 36.0 Å². The van der Waals surface area contributed by atoms with E-state index in [-0.39, 0.29) is 29.1 Å². The van der Waals surface area contributed by atoms with Gasteiger partial charge in [0.05, 0.1) is 0 Å². The monoisotopic (exact) mass is 292 g/mol. The SMILES string of the molecule is CC(Cc1cccc(F)c1)C(=O)N1CCC(N)C(C)(C)C1. The van der Waals surface area contributed by atoms with Crippen molar-refractivity contribution < 1.29 is 9.18 Å². The first-order valence-corrected chi connectivity index (χ1v) is 7.58. The maximum atomic E-state index is 13.2. The van der Waals surface area contributed by atoms with Crippen molar-refractivity contribution in [1.82, 2.24) is 4.90 Å². The van der Waals surface area contributed by atoms with Gasteiger partial charge in [0.25, 0.3) is 0 Å². The van der Waals surface area contributed by atoms with Gasteiger partial charge in [0, 0.05) is 25.0 Å². The Balaban J connectivity index is 1.99. The van der Waals surface area contributed by atoms with Crippen molar-refractivity contribution in [1.29, 1.82) is 0 Å². The normalized spacial score (nSPS) is 22.9. The molecule has 0 aromatic heterocycles. The average Bonchev–Trinajstić information content (AvgIpc) is 2.41. The zero-order valence-corrected chi connectivity index (χ0v) is 13.1. The van der Waals surface area contributed by atoms with E-state index in [1.165, 1.54) is 12.1 Å². The van der Waals surface area contributed by atoms with Crippen LogP contribution in [0.3, 0.4) is 0 Å². The second kappa shape index (κ2) is 6.14. The van der Waals surface area contributed by atoms with E-state index in [9.17, 15) is 9.18 Å². The number of hydrogen-bond donors (Lipinski definition) is 1. The Bertz CT molecular complexity index is 515. The largest absolute Gasteiger partial charge is 0.342 e. The molecule has 1 aliphatic heterocycles. The first-order chi connectivity index (χ1) is 9.79. The van der Waals surface area contributed by atoms with E-state index in [4.69, 9.17) is 5.73 Å². The summed E-state index contributed by atoms with van der Waals surface area (Å²) in [5.74, 6) is -0.256. The summed E-state index contributed by atoms with van der Waals surface area (Å²) < 4.78 is 13.2. The van der Waals surface area contributed by atoms with E-state index in [1.54, 1.807) is 6.07 Å². The van der Waals surface area contributed by atoms with Gasteiger partial charge in [-0.15, -0.1) is 0 Å². The Hall–Kier alpha value is -1.42. The Labute approximate surface area is 126 Å². The molecule has 0 radical (unpaired) electrons. The number of carbonyl (C=O) groups excluding carboxylic acids is 1. The van der Waals surface area contributed by atoms with Crippen LogP contribution in [0.4, 0.5) is 4.39 Å². The van der Waals surface area contributed by atoms with Gasteiger partial charge in [-0.3, -0.25) is 4.79 Å². The highest BCUT2D eigenvalue weighted by Crippen LogP contribution is 2.28. The topological polar surface area (TPSA) is 46.3 Å². The molecule has 1 aromatic carbocycles. The van der Waals surface area contributed by atoms with Crippen molar-refractivity contribution in [2.75, 3.05) is 13.1 Å². The van der Waals surface area contributed by atoms with Gasteiger partial charge < -0.3 is 10.6 Å². The average molecular weight is 292 g/mol. The third-order valence-electron chi connectivity index (χ3n) is 4.48. The van der Waals surface area contributed by atoms with Crippen molar-refractivity contribution in [3.63, 3.8) is 0 Å². The molecule has 1 fully saturated rings. The van der Waals surface area contributed by atoms with E-state index in [0.717, 1.165) is 18.5 Å². The van der Waals surface area contributed by atoms with Gasteiger partial charge in [0.2, 0.25) is 5.91 Å². The summed E-state index contributed by atoms with van der Waals surface area (Å²) in [6.45, 7) is 7.54. The molecule has 3 nitrogen and oxygen atoms in total. The van der Waals surface area contributed by atoms with Crippen LogP contribution in [0, 0.1) is 17.2 Å². The summed E-state index contributed by atoms with van der Waals surface area (Å²) in [6, 6.07) is 6.61. The first kappa shape index (κ1) is 16.0. The summed E-state index contributed by atoms with van der Waals surface area (Å²) in [5.41, 5.74) is 6.93.